The second kappa shape index (κ2) is 7.73. The minimum Gasteiger partial charge on any atom is -0.444 e. The Bertz CT molecular complexity index is 733. The molecule has 1 unspecified atom stereocenters. The number of nitrogens with one attached hydrogen (secondary N) is 1. The molecule has 0 aromatic rings. The monoisotopic (exact) mass is 410 g/mol. The third-order valence-corrected chi connectivity index (χ3v) is 6.26. The first-order valence-corrected chi connectivity index (χ1v) is 10.5. The summed E-state index contributed by atoms with van der Waals surface area (Å²) in [6.07, 6.45) is 6.50. The van der Waals surface area contributed by atoms with Crippen LogP contribution in [0.15, 0.2) is 23.8 Å². The van der Waals surface area contributed by atoms with Crippen molar-refractivity contribution in [2.75, 3.05) is 6.54 Å². The third-order valence-electron chi connectivity index (χ3n) is 6.26. The van der Waals surface area contributed by atoms with Crippen LogP contribution in [0.1, 0.15) is 72.6 Å². The normalized spacial score (nSPS) is 30.2. The van der Waals surface area contributed by atoms with Crippen molar-refractivity contribution < 1.29 is 23.1 Å². The van der Waals surface area contributed by atoms with Crippen LogP contribution in [0.25, 0.3) is 0 Å². The predicted molar refractivity (Wildman–Crippen MR) is 106 cm³/mol. The molecular weight excluding hydrogens is 378 g/mol. The van der Waals surface area contributed by atoms with Gasteiger partial charge in [-0.3, -0.25) is 9.69 Å². The fourth-order valence-corrected chi connectivity index (χ4v) is 4.72. The molecule has 2 atom stereocenters. The van der Waals surface area contributed by atoms with E-state index in [9.17, 15) is 18.4 Å². The van der Waals surface area contributed by atoms with E-state index in [0.29, 0.717) is 12.8 Å². The Labute approximate surface area is 171 Å². The maximum absolute atomic E-state index is 13.9. The van der Waals surface area contributed by atoms with Gasteiger partial charge in [0.25, 0.3) is 0 Å². The van der Waals surface area contributed by atoms with Gasteiger partial charge >= 0.3 is 6.09 Å². The summed E-state index contributed by atoms with van der Waals surface area (Å²) in [5.74, 6) is -2.07. The number of allylic oxidation sites excluding steroid dienone is 3. The number of ether oxygens (including phenoxy) is 1. The summed E-state index contributed by atoms with van der Waals surface area (Å²) >= 11 is 0. The third kappa shape index (κ3) is 4.48. The van der Waals surface area contributed by atoms with Crippen LogP contribution < -0.4 is 5.32 Å². The van der Waals surface area contributed by atoms with Gasteiger partial charge in [-0.2, -0.15) is 0 Å². The number of nitrogens with zero attached hydrogens (tertiary/aromatic N) is 1. The Kier molecular flexibility index (Phi) is 5.80. The van der Waals surface area contributed by atoms with Crippen molar-refractivity contribution in [2.24, 2.45) is 5.92 Å². The first-order valence-electron chi connectivity index (χ1n) is 10.5. The first-order chi connectivity index (χ1) is 13.5. The van der Waals surface area contributed by atoms with Gasteiger partial charge in [0.15, 0.2) is 0 Å². The van der Waals surface area contributed by atoms with E-state index in [4.69, 9.17) is 4.74 Å². The smallest absolute Gasteiger partial charge is 0.411 e. The van der Waals surface area contributed by atoms with Crippen LogP contribution in [0.5, 0.6) is 0 Å². The lowest BCUT2D eigenvalue weighted by atomic mass is 9.74. The number of carbonyl (C=O) groups excluding carboxylic acids is 2. The number of rotatable bonds is 1. The fourth-order valence-electron chi connectivity index (χ4n) is 4.72. The molecule has 1 heterocycles. The second-order valence-corrected chi connectivity index (χ2v) is 9.84. The molecule has 1 spiro atoms. The largest absolute Gasteiger partial charge is 0.444 e. The van der Waals surface area contributed by atoms with E-state index in [1.807, 2.05) is 0 Å². The molecule has 162 valence electrons. The van der Waals surface area contributed by atoms with Gasteiger partial charge in [0.05, 0.1) is 5.54 Å². The Morgan fingerprint density at radius 2 is 1.83 bits per heavy atom. The highest BCUT2D eigenvalue weighted by atomic mass is 19.1. The van der Waals surface area contributed by atoms with Gasteiger partial charge in [-0.15, -0.1) is 0 Å². The molecule has 1 aliphatic heterocycles. The molecule has 1 N–H and O–H groups in total. The van der Waals surface area contributed by atoms with Crippen molar-refractivity contribution in [3.05, 3.63) is 23.8 Å². The van der Waals surface area contributed by atoms with Gasteiger partial charge in [0.2, 0.25) is 5.91 Å². The molecule has 1 saturated heterocycles. The van der Waals surface area contributed by atoms with Crippen molar-refractivity contribution in [1.29, 1.82) is 0 Å². The summed E-state index contributed by atoms with van der Waals surface area (Å²) in [4.78, 5) is 28.2. The van der Waals surface area contributed by atoms with Crippen LogP contribution in [0.4, 0.5) is 13.6 Å². The van der Waals surface area contributed by atoms with Gasteiger partial charge in [0, 0.05) is 25.0 Å². The van der Waals surface area contributed by atoms with Crippen molar-refractivity contribution in [3.63, 3.8) is 0 Å². The molecule has 2 aliphatic carbocycles. The minimum atomic E-state index is -0.992. The van der Waals surface area contributed by atoms with Gasteiger partial charge in [-0.25, -0.2) is 13.6 Å². The predicted octanol–water partition coefficient (Wildman–Crippen LogP) is 4.93. The SMILES string of the molecule is CC(C)(C)OC(=O)N1C[C@@](C)(C2C=C(F)C=C(F)C2)NC(=O)C12CCCCCC2. The maximum atomic E-state index is 13.9. The highest BCUT2D eigenvalue weighted by Crippen LogP contribution is 2.42. The molecule has 0 bridgehead atoms. The minimum absolute atomic E-state index is 0.0145. The van der Waals surface area contributed by atoms with Gasteiger partial charge < -0.3 is 10.1 Å². The molecule has 3 rings (SSSR count). The number of amides is 2. The maximum Gasteiger partial charge on any atom is 0.411 e. The van der Waals surface area contributed by atoms with Gasteiger partial charge in [-0.1, -0.05) is 25.7 Å². The van der Waals surface area contributed by atoms with Crippen molar-refractivity contribution in [3.8, 4) is 0 Å². The Morgan fingerprint density at radius 3 is 2.38 bits per heavy atom. The second-order valence-electron chi connectivity index (χ2n) is 9.84. The van der Waals surface area contributed by atoms with Crippen LogP contribution in [0.2, 0.25) is 0 Å². The molecule has 2 amide bonds. The molecular formula is C22H32F2N2O3. The topological polar surface area (TPSA) is 58.6 Å². The quantitative estimate of drug-likeness (QED) is 0.667. The van der Waals surface area contributed by atoms with Gasteiger partial charge in [-0.05, 0) is 46.6 Å². The molecule has 0 radical (unpaired) electrons. The lowest BCUT2D eigenvalue weighted by Gasteiger charge is -2.54. The average Bonchev–Trinajstić information content (AvgIpc) is 2.83. The molecule has 7 heteroatoms. The van der Waals surface area contributed by atoms with Crippen molar-refractivity contribution in [2.45, 2.75) is 89.3 Å². The molecule has 0 aromatic heterocycles. The lowest BCUT2D eigenvalue weighted by molar-refractivity contribution is -0.145. The number of hydrogen-bond acceptors (Lipinski definition) is 3. The number of hydrogen-bond donors (Lipinski definition) is 1. The summed E-state index contributed by atoms with van der Waals surface area (Å²) in [6.45, 7) is 7.25. The summed E-state index contributed by atoms with van der Waals surface area (Å²) in [5, 5.41) is 3.05. The zero-order chi connectivity index (χ0) is 21.4. The fraction of sp³-hybridized carbons (Fsp3) is 0.727. The molecule has 0 aromatic carbocycles. The van der Waals surface area contributed by atoms with E-state index < -0.39 is 40.3 Å². The molecule has 2 fully saturated rings. The summed E-state index contributed by atoms with van der Waals surface area (Å²) < 4.78 is 33.5. The Balaban J connectivity index is 1.97. The van der Waals surface area contributed by atoms with Crippen molar-refractivity contribution >= 4 is 12.0 Å². The number of halogens is 2. The summed E-state index contributed by atoms with van der Waals surface area (Å²) in [7, 11) is 0. The zero-order valence-corrected chi connectivity index (χ0v) is 17.8. The summed E-state index contributed by atoms with van der Waals surface area (Å²) in [6, 6.07) is 0. The zero-order valence-electron chi connectivity index (χ0n) is 17.8. The van der Waals surface area contributed by atoms with E-state index in [1.165, 1.54) is 6.08 Å². The number of carbonyl (C=O) groups is 2. The van der Waals surface area contributed by atoms with Crippen LogP contribution in [-0.2, 0) is 9.53 Å². The first kappa shape index (κ1) is 21.8. The molecule has 29 heavy (non-hydrogen) atoms. The Hall–Kier alpha value is -1.92. The van der Waals surface area contributed by atoms with E-state index in [2.05, 4.69) is 5.32 Å². The van der Waals surface area contributed by atoms with Crippen LogP contribution in [-0.4, -0.2) is 40.1 Å². The van der Waals surface area contributed by atoms with E-state index >= 15 is 0 Å². The van der Waals surface area contributed by atoms with E-state index in [-0.39, 0.29) is 18.9 Å². The molecule has 5 nitrogen and oxygen atoms in total. The van der Waals surface area contributed by atoms with E-state index in [0.717, 1.165) is 31.8 Å². The highest BCUT2D eigenvalue weighted by Gasteiger charge is 2.56. The molecule has 3 aliphatic rings. The number of piperazine rings is 1. The van der Waals surface area contributed by atoms with Gasteiger partial charge in [0.1, 0.15) is 22.8 Å². The summed E-state index contributed by atoms with van der Waals surface area (Å²) in [5.41, 5.74) is -2.67. The standard InChI is InChI=1S/C22H32F2N2O3/c1-20(2,3)29-19(28)26-14-21(4,15-11-16(23)13-17(24)12-15)25-18(27)22(26)9-7-5-6-8-10-22/h11,13,15H,5-10,12,14H2,1-4H3,(H,25,27)/t15?,21-/m0/s1. The van der Waals surface area contributed by atoms with E-state index in [1.54, 1.807) is 32.6 Å². The molecule has 1 saturated carbocycles. The average molecular weight is 411 g/mol. The highest BCUT2D eigenvalue weighted by molar-refractivity contribution is 5.92. The Morgan fingerprint density at radius 1 is 1.21 bits per heavy atom. The van der Waals surface area contributed by atoms with Crippen molar-refractivity contribution in [1.82, 2.24) is 10.2 Å². The van der Waals surface area contributed by atoms with Crippen LogP contribution in [0.3, 0.4) is 0 Å². The van der Waals surface area contributed by atoms with Crippen LogP contribution in [0, 0.1) is 5.92 Å². The van der Waals surface area contributed by atoms with Crippen LogP contribution >= 0.6 is 0 Å². The lowest BCUT2D eigenvalue weighted by Crippen LogP contribution is -2.75.